The van der Waals surface area contributed by atoms with Crippen molar-refractivity contribution in [2.24, 2.45) is 0 Å². The number of rotatable bonds is 5. The summed E-state index contributed by atoms with van der Waals surface area (Å²) in [7, 11) is -3.94. The van der Waals surface area contributed by atoms with Crippen LogP contribution in [0.4, 0.5) is 10.1 Å². The summed E-state index contributed by atoms with van der Waals surface area (Å²) >= 11 is 2.06. The van der Waals surface area contributed by atoms with E-state index in [2.05, 4.69) is 27.4 Å². The lowest BCUT2D eigenvalue weighted by Gasteiger charge is -2.31. The van der Waals surface area contributed by atoms with Crippen molar-refractivity contribution in [3.05, 3.63) is 63.3 Å². The van der Waals surface area contributed by atoms with Gasteiger partial charge in [0.1, 0.15) is 23.3 Å². The van der Waals surface area contributed by atoms with Gasteiger partial charge in [0.15, 0.2) is 0 Å². The maximum atomic E-state index is 13.9. The Balaban J connectivity index is 1.90. The number of nitrogens with zero attached hydrogens (tertiary/aromatic N) is 2. The molecule has 3 atom stereocenters. The van der Waals surface area contributed by atoms with Crippen molar-refractivity contribution < 1.29 is 27.8 Å². The lowest BCUT2D eigenvalue weighted by Crippen LogP contribution is -2.53. The maximum absolute atomic E-state index is 13.9. The minimum atomic E-state index is -3.94. The molecule has 2 N–H and O–H groups in total. The molecule has 1 saturated heterocycles. The molecule has 10 heteroatoms. The van der Waals surface area contributed by atoms with Crippen LogP contribution in [0.15, 0.2) is 47.4 Å². The SMILES string of the molecule is [C-]#[N+]c1ccc(O[C@H]2CN(S(=O)(=O)c3ccc(I)cc3)C[C@@]2(O)[C@@H](C)O)cc1F. The molecule has 1 aliphatic rings. The van der Waals surface area contributed by atoms with Crippen molar-refractivity contribution in [3.63, 3.8) is 0 Å². The summed E-state index contributed by atoms with van der Waals surface area (Å²) in [4.78, 5) is 3.08. The van der Waals surface area contributed by atoms with Crippen LogP contribution in [-0.2, 0) is 10.0 Å². The van der Waals surface area contributed by atoms with E-state index >= 15 is 0 Å². The summed E-state index contributed by atoms with van der Waals surface area (Å²) in [6.45, 7) is 7.60. The minimum Gasteiger partial charge on any atom is -0.486 e. The molecule has 0 spiro atoms. The monoisotopic (exact) mass is 532 g/mol. The number of sulfonamides is 1. The van der Waals surface area contributed by atoms with Crippen LogP contribution in [-0.4, -0.2) is 53.8 Å². The van der Waals surface area contributed by atoms with Gasteiger partial charge in [0.2, 0.25) is 15.7 Å². The number of benzene rings is 2. The van der Waals surface area contributed by atoms with Crippen molar-refractivity contribution in [1.82, 2.24) is 4.31 Å². The highest BCUT2D eigenvalue weighted by Gasteiger charge is 2.53. The first kappa shape index (κ1) is 21.9. The molecule has 0 saturated carbocycles. The molecule has 0 radical (unpaired) electrons. The third kappa shape index (κ3) is 4.24. The molecule has 3 rings (SSSR count). The number of β-amino-alcohol motifs (C(OH)–C–C–N with tert-alkyl or cyclic N) is 1. The minimum absolute atomic E-state index is 0.0208. The molecule has 154 valence electrons. The van der Waals surface area contributed by atoms with E-state index < -0.39 is 33.6 Å². The van der Waals surface area contributed by atoms with E-state index in [1.807, 2.05) is 0 Å². The van der Waals surface area contributed by atoms with Gasteiger partial charge in [-0.3, -0.25) is 0 Å². The first-order chi connectivity index (χ1) is 13.6. The predicted octanol–water partition coefficient (Wildman–Crippen LogP) is 2.54. The fourth-order valence-corrected chi connectivity index (χ4v) is 4.93. The Morgan fingerprint density at radius 1 is 1.34 bits per heavy atom. The Bertz CT molecular complexity index is 1060. The highest BCUT2D eigenvalue weighted by molar-refractivity contribution is 14.1. The number of halogens is 2. The predicted molar refractivity (Wildman–Crippen MR) is 112 cm³/mol. The summed E-state index contributed by atoms with van der Waals surface area (Å²) in [5, 5.41) is 21.1. The van der Waals surface area contributed by atoms with E-state index in [9.17, 15) is 23.0 Å². The lowest BCUT2D eigenvalue weighted by molar-refractivity contribution is -0.104. The molecule has 1 aliphatic heterocycles. The Kier molecular flexibility index (Phi) is 6.16. The molecular formula is C19H18FIN2O5S. The van der Waals surface area contributed by atoms with Crippen molar-refractivity contribution in [2.75, 3.05) is 13.1 Å². The van der Waals surface area contributed by atoms with Gasteiger partial charge in [0, 0.05) is 16.2 Å². The second-order valence-electron chi connectivity index (χ2n) is 6.75. The Labute approximate surface area is 181 Å². The summed E-state index contributed by atoms with van der Waals surface area (Å²) in [6.07, 6.45) is -2.45. The van der Waals surface area contributed by atoms with Gasteiger partial charge in [-0.15, -0.1) is 0 Å². The second-order valence-corrected chi connectivity index (χ2v) is 9.93. The highest BCUT2D eigenvalue weighted by atomic mass is 127. The lowest BCUT2D eigenvalue weighted by atomic mass is 9.94. The second kappa shape index (κ2) is 8.16. The number of hydrogen-bond acceptors (Lipinski definition) is 5. The quantitative estimate of drug-likeness (QED) is 0.457. The molecule has 2 aromatic carbocycles. The summed E-state index contributed by atoms with van der Waals surface area (Å²) in [5.41, 5.74) is -2.08. The van der Waals surface area contributed by atoms with E-state index in [1.54, 1.807) is 12.1 Å². The molecular weight excluding hydrogens is 514 g/mol. The largest absolute Gasteiger partial charge is 0.486 e. The van der Waals surface area contributed by atoms with Crippen LogP contribution in [0.1, 0.15) is 6.92 Å². The van der Waals surface area contributed by atoms with E-state index in [0.717, 1.165) is 13.9 Å². The van der Waals surface area contributed by atoms with Gasteiger partial charge in [0.05, 0.1) is 24.1 Å². The van der Waals surface area contributed by atoms with Gasteiger partial charge < -0.3 is 14.9 Å². The zero-order valence-electron chi connectivity index (χ0n) is 15.3. The highest BCUT2D eigenvalue weighted by Crippen LogP contribution is 2.34. The Morgan fingerprint density at radius 3 is 2.55 bits per heavy atom. The van der Waals surface area contributed by atoms with E-state index in [4.69, 9.17) is 11.3 Å². The molecule has 0 unspecified atom stereocenters. The molecule has 0 bridgehead atoms. The van der Waals surface area contributed by atoms with Crippen LogP contribution >= 0.6 is 22.6 Å². The fraction of sp³-hybridized carbons (Fsp3) is 0.316. The van der Waals surface area contributed by atoms with Crippen molar-refractivity contribution in [2.45, 2.75) is 29.6 Å². The smallest absolute Gasteiger partial charge is 0.243 e. The Hall–Kier alpha value is -1.78. The Morgan fingerprint density at radius 2 is 2.00 bits per heavy atom. The van der Waals surface area contributed by atoms with Crippen LogP contribution < -0.4 is 4.74 Å². The molecule has 1 fully saturated rings. The average molecular weight is 532 g/mol. The summed E-state index contributed by atoms with van der Waals surface area (Å²) < 4.78 is 47.4. The normalized spacial score (nSPS) is 23.5. The van der Waals surface area contributed by atoms with Crippen LogP contribution in [0.2, 0.25) is 0 Å². The molecule has 0 amide bonds. The first-order valence-electron chi connectivity index (χ1n) is 8.58. The zero-order chi connectivity index (χ0) is 21.4. The fourth-order valence-electron chi connectivity index (χ4n) is 3.09. The third-order valence-electron chi connectivity index (χ3n) is 4.85. The maximum Gasteiger partial charge on any atom is 0.243 e. The molecule has 1 heterocycles. The molecule has 0 aliphatic carbocycles. The first-order valence-corrected chi connectivity index (χ1v) is 11.1. The van der Waals surface area contributed by atoms with Crippen LogP contribution in [0.3, 0.4) is 0 Å². The van der Waals surface area contributed by atoms with Crippen molar-refractivity contribution >= 4 is 38.3 Å². The van der Waals surface area contributed by atoms with Crippen molar-refractivity contribution in [3.8, 4) is 5.75 Å². The molecule has 2 aromatic rings. The van der Waals surface area contributed by atoms with Gasteiger partial charge in [0.25, 0.3) is 0 Å². The van der Waals surface area contributed by atoms with E-state index in [1.165, 1.54) is 31.2 Å². The number of hydrogen-bond donors (Lipinski definition) is 2. The number of aliphatic hydroxyl groups is 2. The standard InChI is InChI=1S/C19H18FIN2O5S/c1-12(24)19(25)11-23(29(26,27)15-6-3-13(21)4-7-15)10-18(19)28-14-5-8-17(22-2)16(20)9-14/h3-9,12,18,24-25H,10-11H2,1H3/t12-,18+,19-/m1/s1. The van der Waals surface area contributed by atoms with Crippen LogP contribution in [0.5, 0.6) is 5.75 Å². The third-order valence-corrected chi connectivity index (χ3v) is 7.39. The van der Waals surface area contributed by atoms with E-state index in [-0.39, 0.29) is 29.4 Å². The van der Waals surface area contributed by atoms with Crippen LogP contribution in [0.25, 0.3) is 4.85 Å². The summed E-state index contributed by atoms with van der Waals surface area (Å²) in [5.74, 6) is -0.771. The zero-order valence-corrected chi connectivity index (χ0v) is 18.3. The topological polar surface area (TPSA) is 91.4 Å². The van der Waals surface area contributed by atoms with Crippen LogP contribution in [0, 0.1) is 16.0 Å². The number of aliphatic hydroxyl groups excluding tert-OH is 1. The molecule has 0 aromatic heterocycles. The van der Waals surface area contributed by atoms with Gasteiger partial charge in [-0.05, 0) is 65.9 Å². The van der Waals surface area contributed by atoms with Gasteiger partial charge in [-0.2, -0.15) is 4.31 Å². The van der Waals surface area contributed by atoms with Gasteiger partial charge >= 0.3 is 0 Å². The van der Waals surface area contributed by atoms with Gasteiger partial charge in [-0.25, -0.2) is 17.7 Å². The number of ether oxygens (including phenoxy) is 1. The molecule has 7 nitrogen and oxygen atoms in total. The summed E-state index contributed by atoms with van der Waals surface area (Å²) in [6, 6.07) is 9.81. The van der Waals surface area contributed by atoms with Gasteiger partial charge in [-0.1, -0.05) is 0 Å². The van der Waals surface area contributed by atoms with Crippen molar-refractivity contribution in [1.29, 1.82) is 0 Å². The molecule has 29 heavy (non-hydrogen) atoms. The van der Waals surface area contributed by atoms with E-state index in [0.29, 0.717) is 0 Å². The average Bonchev–Trinajstić information content (AvgIpc) is 3.01.